The van der Waals surface area contributed by atoms with Crippen LogP contribution in [0.5, 0.6) is 0 Å². The quantitative estimate of drug-likeness (QED) is 0.216. The molecule has 25 heavy (non-hydrogen) atoms. The molecule has 0 aliphatic rings. The van der Waals surface area contributed by atoms with Crippen LogP contribution in [-0.2, 0) is 30.4 Å². The fourth-order valence-electron chi connectivity index (χ4n) is 0. The molecule has 0 aromatic carbocycles. The Balaban J connectivity index is -0.000000130. The van der Waals surface area contributed by atoms with Crippen LogP contribution in [0.2, 0.25) is 0 Å². The van der Waals surface area contributed by atoms with E-state index in [-0.39, 0.29) is 40.8 Å². The molecule has 0 aliphatic heterocycles. The molecule has 1 radical (unpaired) electrons. The normalized spacial score (nSPS) is 13.4. The Labute approximate surface area is 165 Å². The summed E-state index contributed by atoms with van der Waals surface area (Å²) in [7, 11) is -18.3. The molecular weight excluding hydrogens is 591 g/mol. The number of halogens is 9. The van der Waals surface area contributed by atoms with Gasteiger partial charge in [0.05, 0.1) is 0 Å². The molecule has 0 heterocycles. The van der Waals surface area contributed by atoms with E-state index in [1.165, 1.54) is 0 Å². The Kier molecular flexibility index (Phi) is 13.4. The molecule has 0 saturated carbocycles. The summed E-state index contributed by atoms with van der Waals surface area (Å²) >= 11 is 0. The Morgan fingerprint density at radius 3 is 0.480 bits per heavy atom. The third kappa shape index (κ3) is 16.4. The van der Waals surface area contributed by atoms with Crippen LogP contribution < -0.4 is 0 Å². The zero-order valence-corrected chi connectivity index (χ0v) is 16.0. The van der Waals surface area contributed by atoms with Crippen LogP contribution in [0, 0.1) is 40.8 Å². The molecule has 0 spiro atoms. The van der Waals surface area contributed by atoms with Gasteiger partial charge in [-0.25, -0.2) is 25.3 Å². The first-order valence-corrected chi connectivity index (χ1v) is 8.04. The predicted molar refractivity (Wildman–Crippen MR) is 47.3 cm³/mol. The molecule has 22 heteroatoms. The van der Waals surface area contributed by atoms with E-state index in [1.807, 2.05) is 0 Å². The Bertz CT molecular complexity index is 596. The van der Waals surface area contributed by atoms with Gasteiger partial charge in [0.1, 0.15) is 0 Å². The second-order valence-electron chi connectivity index (χ2n) is 2.70. The van der Waals surface area contributed by atoms with Gasteiger partial charge in [0.25, 0.3) is 0 Å². The van der Waals surface area contributed by atoms with Crippen molar-refractivity contribution in [1.29, 1.82) is 0 Å². The van der Waals surface area contributed by atoms with Gasteiger partial charge in [0, 0.05) is 0 Å². The van der Waals surface area contributed by atoms with Crippen LogP contribution in [0.15, 0.2) is 0 Å². The average Bonchev–Trinajstić information content (AvgIpc) is 2.08. The summed E-state index contributed by atoms with van der Waals surface area (Å²) in [5.41, 5.74) is -16.9. The SMILES string of the molecule is O=S(=O)([O-])C(F)(F)F.O=S(=O)([O-])C(F)(F)F.O=S(=O)([O-])C(F)(F)F.[Nd+3]. The zero-order chi connectivity index (χ0) is 21.0. The van der Waals surface area contributed by atoms with Gasteiger partial charge >= 0.3 is 57.4 Å². The molecule has 0 bridgehead atoms. The number of rotatable bonds is 0. The van der Waals surface area contributed by atoms with Gasteiger partial charge in [0.15, 0.2) is 30.4 Å². The molecular formula is C3F9NdO9S3. The van der Waals surface area contributed by atoms with Gasteiger partial charge in [-0.2, -0.15) is 39.5 Å². The summed E-state index contributed by atoms with van der Waals surface area (Å²) in [4.78, 5) is 0. The van der Waals surface area contributed by atoms with E-state index in [4.69, 9.17) is 38.9 Å². The summed E-state index contributed by atoms with van der Waals surface area (Å²) in [6.07, 6.45) is 0. The first-order chi connectivity index (χ1) is 9.75. The summed E-state index contributed by atoms with van der Waals surface area (Å²) < 4.78 is 177. The second kappa shape index (κ2) is 10.1. The standard InChI is InChI=1S/3CHF3O3S.Nd/c3*2-1(3,4)8(5,6)7;/h3*(H,5,6,7);/q;;;+3/p-3. The predicted octanol–water partition coefficient (Wildman–Crippen LogP) is 0.154. The van der Waals surface area contributed by atoms with Crippen molar-refractivity contribution in [1.82, 2.24) is 0 Å². The molecule has 0 fully saturated rings. The molecule has 0 aromatic rings. The van der Waals surface area contributed by atoms with Crippen molar-refractivity contribution >= 4 is 30.4 Å². The van der Waals surface area contributed by atoms with Crippen molar-refractivity contribution in [2.24, 2.45) is 0 Å². The molecule has 0 atom stereocenters. The second-order valence-corrected chi connectivity index (χ2v) is 6.81. The van der Waals surface area contributed by atoms with Crippen molar-refractivity contribution in [2.45, 2.75) is 16.5 Å². The molecule has 0 saturated heterocycles. The van der Waals surface area contributed by atoms with Gasteiger partial charge in [-0.3, -0.25) is 0 Å². The average molecular weight is 591 g/mol. The first-order valence-electron chi connectivity index (χ1n) is 3.81. The molecule has 0 amide bonds. The van der Waals surface area contributed by atoms with Crippen LogP contribution >= 0.6 is 0 Å². The van der Waals surface area contributed by atoms with Gasteiger partial charge < -0.3 is 13.7 Å². The van der Waals surface area contributed by atoms with E-state index >= 15 is 0 Å². The van der Waals surface area contributed by atoms with Crippen molar-refractivity contribution in [2.75, 3.05) is 0 Å². The largest absolute Gasteiger partial charge is 3.00 e. The van der Waals surface area contributed by atoms with Crippen LogP contribution in [0.1, 0.15) is 0 Å². The number of alkyl halides is 9. The maximum Gasteiger partial charge on any atom is 3.00 e. The smallest absolute Gasteiger partial charge is 0.741 e. The minimum Gasteiger partial charge on any atom is -0.741 e. The fraction of sp³-hybridized carbons (Fsp3) is 1.00. The molecule has 0 N–H and O–H groups in total. The third-order valence-corrected chi connectivity index (χ3v) is 2.55. The van der Waals surface area contributed by atoms with Crippen LogP contribution in [0.4, 0.5) is 39.5 Å². The van der Waals surface area contributed by atoms with Crippen molar-refractivity contribution < 1.29 is 119 Å². The van der Waals surface area contributed by atoms with E-state index in [0.717, 1.165) is 0 Å². The van der Waals surface area contributed by atoms with Crippen molar-refractivity contribution in [3.63, 3.8) is 0 Å². The maximum absolute atomic E-state index is 10.7. The van der Waals surface area contributed by atoms with Gasteiger partial charge in [-0.15, -0.1) is 0 Å². The Morgan fingerprint density at radius 1 is 0.440 bits per heavy atom. The molecule has 0 aromatic heterocycles. The Morgan fingerprint density at radius 2 is 0.480 bits per heavy atom. The first kappa shape index (κ1) is 33.1. The summed E-state index contributed by atoms with van der Waals surface area (Å²) in [6.45, 7) is 0. The van der Waals surface area contributed by atoms with Crippen LogP contribution in [0.25, 0.3) is 0 Å². The molecule has 0 rings (SSSR count). The summed E-state index contributed by atoms with van der Waals surface area (Å²) in [5.74, 6) is 0. The minimum absolute atomic E-state index is 0. The van der Waals surface area contributed by atoms with Gasteiger partial charge in [0.2, 0.25) is 0 Å². The van der Waals surface area contributed by atoms with E-state index in [2.05, 4.69) is 0 Å². The fourth-order valence-corrected chi connectivity index (χ4v) is 0. The van der Waals surface area contributed by atoms with E-state index in [1.54, 1.807) is 0 Å². The monoisotopic (exact) mass is 589 g/mol. The van der Waals surface area contributed by atoms with Crippen molar-refractivity contribution in [3.8, 4) is 0 Å². The van der Waals surface area contributed by atoms with E-state index < -0.39 is 46.9 Å². The molecule has 0 aliphatic carbocycles. The van der Waals surface area contributed by atoms with Crippen LogP contribution in [0.3, 0.4) is 0 Å². The van der Waals surface area contributed by atoms with Crippen molar-refractivity contribution in [3.05, 3.63) is 0 Å². The molecule has 0 unspecified atom stereocenters. The van der Waals surface area contributed by atoms with Gasteiger partial charge in [-0.1, -0.05) is 0 Å². The topological polar surface area (TPSA) is 172 Å². The summed E-state index contributed by atoms with van der Waals surface area (Å²) in [6, 6.07) is 0. The third-order valence-electron chi connectivity index (χ3n) is 0.850. The van der Waals surface area contributed by atoms with E-state index in [9.17, 15) is 39.5 Å². The van der Waals surface area contributed by atoms with Crippen LogP contribution in [-0.4, -0.2) is 55.4 Å². The molecule has 9 nitrogen and oxygen atoms in total. The van der Waals surface area contributed by atoms with Gasteiger partial charge in [-0.05, 0) is 0 Å². The maximum atomic E-state index is 10.7. The van der Waals surface area contributed by atoms with E-state index in [0.29, 0.717) is 0 Å². The summed E-state index contributed by atoms with van der Waals surface area (Å²) in [5, 5.41) is 0. The number of hydrogen-bond donors (Lipinski definition) is 0. The minimum atomic E-state index is -6.09. The number of hydrogen-bond acceptors (Lipinski definition) is 9. The Hall–Kier alpha value is 0.451. The molecule has 151 valence electrons. The zero-order valence-electron chi connectivity index (χ0n) is 10.3.